The third kappa shape index (κ3) is 39.9. The van der Waals surface area contributed by atoms with Gasteiger partial charge in [-0.2, -0.15) is 0 Å². The fourth-order valence-corrected chi connectivity index (χ4v) is 6.66. The quantitative estimate of drug-likeness (QED) is 0.0381. The molecule has 0 saturated carbocycles. The summed E-state index contributed by atoms with van der Waals surface area (Å²) in [5, 5.41) is 21.0. The molecule has 0 rings (SSSR count). The Bertz CT molecular complexity index is 638. The molecule has 0 saturated heterocycles. The molecule has 49 heavy (non-hydrogen) atoms. The zero-order chi connectivity index (χ0) is 35.9. The molecule has 0 amide bonds. The molecule has 0 spiro atoms. The molecular weight excluding hydrogens is 606 g/mol. The standard InChI is InChI=1S/C44H88NO4/c1-5-7-9-11-13-15-17-19-21-23-25-27-29-31-33-35-37-48-41-43(46)39-45(3,4)40-44(47)42-49-38-36-34-32-30-28-26-24-22-20-18-16-14-12-10-8-6-2/h19-22,43-44,46-47H,5-18,23-42H2,1-4H3/q+1. The van der Waals surface area contributed by atoms with Crippen LogP contribution in [-0.2, 0) is 9.47 Å². The van der Waals surface area contributed by atoms with Gasteiger partial charge >= 0.3 is 0 Å². The van der Waals surface area contributed by atoms with Crippen LogP contribution >= 0.6 is 0 Å². The van der Waals surface area contributed by atoms with Crippen LogP contribution in [0.2, 0.25) is 0 Å². The predicted molar refractivity (Wildman–Crippen MR) is 214 cm³/mol. The van der Waals surface area contributed by atoms with Crippen molar-refractivity contribution in [1.29, 1.82) is 0 Å². The second-order valence-electron chi connectivity index (χ2n) is 15.6. The molecule has 0 aromatic carbocycles. The lowest BCUT2D eigenvalue weighted by atomic mass is 10.1. The van der Waals surface area contributed by atoms with Crippen molar-refractivity contribution >= 4 is 0 Å². The first-order chi connectivity index (χ1) is 23.9. The third-order valence-electron chi connectivity index (χ3n) is 9.63. The molecule has 292 valence electrons. The maximum absolute atomic E-state index is 10.5. The topological polar surface area (TPSA) is 58.9 Å². The van der Waals surface area contributed by atoms with E-state index in [1.54, 1.807) is 0 Å². The van der Waals surface area contributed by atoms with E-state index >= 15 is 0 Å². The van der Waals surface area contributed by atoms with E-state index < -0.39 is 12.2 Å². The van der Waals surface area contributed by atoms with E-state index in [2.05, 4.69) is 52.2 Å². The van der Waals surface area contributed by atoms with Gasteiger partial charge in [0.2, 0.25) is 0 Å². The second kappa shape index (κ2) is 38.5. The molecule has 0 aliphatic heterocycles. The van der Waals surface area contributed by atoms with Gasteiger partial charge in [0, 0.05) is 13.2 Å². The smallest absolute Gasteiger partial charge is 0.126 e. The summed E-state index contributed by atoms with van der Waals surface area (Å²) < 4.78 is 12.1. The van der Waals surface area contributed by atoms with Gasteiger partial charge in [-0.25, -0.2) is 0 Å². The van der Waals surface area contributed by atoms with Crippen LogP contribution in [0.4, 0.5) is 0 Å². The first kappa shape index (κ1) is 48.3. The van der Waals surface area contributed by atoms with Gasteiger partial charge in [-0.1, -0.05) is 154 Å². The monoisotopic (exact) mass is 695 g/mol. The van der Waals surface area contributed by atoms with Gasteiger partial charge in [0.1, 0.15) is 25.3 Å². The van der Waals surface area contributed by atoms with E-state index in [-0.39, 0.29) is 0 Å². The fourth-order valence-electron chi connectivity index (χ4n) is 6.66. The summed E-state index contributed by atoms with van der Waals surface area (Å²) in [5.41, 5.74) is 0. The number of aliphatic hydroxyl groups excluding tert-OH is 2. The molecule has 5 nitrogen and oxygen atoms in total. The summed E-state index contributed by atoms with van der Waals surface area (Å²) in [6.45, 7) is 7.88. The number of unbranched alkanes of at least 4 members (excludes halogenated alkanes) is 24. The Morgan fingerprint density at radius 3 is 0.980 bits per heavy atom. The molecule has 0 aromatic rings. The highest BCUT2D eigenvalue weighted by Gasteiger charge is 2.24. The molecule has 0 aromatic heterocycles. The number of ether oxygens (including phenoxy) is 2. The minimum absolute atomic E-state index is 0.370. The van der Waals surface area contributed by atoms with Crippen molar-refractivity contribution in [2.75, 3.05) is 53.6 Å². The number of aliphatic hydroxyl groups is 2. The Kier molecular flexibility index (Phi) is 37.9. The van der Waals surface area contributed by atoms with E-state index in [1.807, 2.05) is 0 Å². The maximum Gasteiger partial charge on any atom is 0.126 e. The van der Waals surface area contributed by atoms with Crippen LogP contribution in [0.5, 0.6) is 0 Å². The van der Waals surface area contributed by atoms with E-state index in [0.29, 0.717) is 30.8 Å². The van der Waals surface area contributed by atoms with Gasteiger partial charge in [-0.15, -0.1) is 0 Å². The van der Waals surface area contributed by atoms with Gasteiger partial charge in [0.25, 0.3) is 0 Å². The van der Waals surface area contributed by atoms with Gasteiger partial charge in [-0.05, 0) is 64.2 Å². The number of hydrogen-bond acceptors (Lipinski definition) is 4. The number of likely N-dealkylation sites (N-methyl/N-ethyl adjacent to an activating group) is 1. The first-order valence-corrected chi connectivity index (χ1v) is 21.5. The number of quaternary nitrogens is 1. The van der Waals surface area contributed by atoms with Crippen molar-refractivity contribution in [3.8, 4) is 0 Å². The lowest BCUT2D eigenvalue weighted by Crippen LogP contribution is -2.51. The van der Waals surface area contributed by atoms with Crippen LogP contribution < -0.4 is 0 Å². The highest BCUT2D eigenvalue weighted by Crippen LogP contribution is 2.12. The van der Waals surface area contributed by atoms with Gasteiger partial charge in [0.05, 0.1) is 27.3 Å². The zero-order valence-corrected chi connectivity index (χ0v) is 33.7. The van der Waals surface area contributed by atoms with E-state index in [1.165, 1.54) is 167 Å². The van der Waals surface area contributed by atoms with Crippen LogP contribution in [0.1, 0.15) is 194 Å². The number of allylic oxidation sites excluding steroid dienone is 4. The third-order valence-corrected chi connectivity index (χ3v) is 9.63. The van der Waals surface area contributed by atoms with Crippen molar-refractivity contribution < 1.29 is 24.2 Å². The number of rotatable bonds is 40. The van der Waals surface area contributed by atoms with Crippen LogP contribution in [0.25, 0.3) is 0 Å². The molecule has 0 heterocycles. The summed E-state index contributed by atoms with van der Waals surface area (Å²) in [4.78, 5) is 0. The predicted octanol–water partition coefficient (Wildman–Crippen LogP) is 11.9. The van der Waals surface area contributed by atoms with Gasteiger partial charge in [-0.3, -0.25) is 0 Å². The summed E-state index contributed by atoms with van der Waals surface area (Å²) >= 11 is 0. The zero-order valence-electron chi connectivity index (χ0n) is 33.7. The second-order valence-corrected chi connectivity index (χ2v) is 15.6. The lowest BCUT2D eigenvalue weighted by molar-refractivity contribution is -0.896. The molecular formula is C44H88NO4+. The molecule has 0 bridgehead atoms. The van der Waals surface area contributed by atoms with E-state index in [0.717, 1.165) is 26.1 Å². The SMILES string of the molecule is CCCCCCCCC=CCCCCCCCCOCC(O)C[N+](C)(C)CC(O)COCCCCCCCCC=CCCCCCCCC. The van der Waals surface area contributed by atoms with Gasteiger partial charge < -0.3 is 24.2 Å². The normalized spacial score (nSPS) is 13.7. The van der Waals surface area contributed by atoms with Crippen molar-refractivity contribution in [3.05, 3.63) is 24.3 Å². The Morgan fingerprint density at radius 1 is 0.408 bits per heavy atom. The Labute approximate surface area is 307 Å². The lowest BCUT2D eigenvalue weighted by Gasteiger charge is -2.33. The fraction of sp³-hybridized carbons (Fsp3) is 0.909. The van der Waals surface area contributed by atoms with E-state index in [4.69, 9.17) is 9.47 Å². The molecule has 2 N–H and O–H groups in total. The molecule has 0 aliphatic rings. The molecule has 2 unspecified atom stereocenters. The van der Waals surface area contributed by atoms with Gasteiger partial charge in [0.15, 0.2) is 0 Å². The first-order valence-electron chi connectivity index (χ1n) is 21.5. The summed E-state index contributed by atoms with van der Waals surface area (Å²) in [6, 6.07) is 0. The summed E-state index contributed by atoms with van der Waals surface area (Å²) in [5.74, 6) is 0. The maximum atomic E-state index is 10.5. The number of hydrogen-bond donors (Lipinski definition) is 2. The largest absolute Gasteiger partial charge is 0.385 e. The van der Waals surface area contributed by atoms with Crippen molar-refractivity contribution in [2.45, 2.75) is 206 Å². The molecule has 5 heteroatoms. The van der Waals surface area contributed by atoms with Crippen molar-refractivity contribution in [3.63, 3.8) is 0 Å². The average Bonchev–Trinajstić information content (AvgIpc) is 3.06. The van der Waals surface area contributed by atoms with Crippen LogP contribution in [0, 0.1) is 0 Å². The summed E-state index contributed by atoms with van der Waals surface area (Å²) in [7, 11) is 4.12. The molecule has 0 aliphatic carbocycles. The Balaban J connectivity index is 3.53. The van der Waals surface area contributed by atoms with Crippen LogP contribution in [0.3, 0.4) is 0 Å². The highest BCUT2D eigenvalue weighted by atomic mass is 16.5. The Morgan fingerprint density at radius 2 is 0.673 bits per heavy atom. The molecule has 0 fully saturated rings. The van der Waals surface area contributed by atoms with Crippen molar-refractivity contribution in [2.24, 2.45) is 0 Å². The Hall–Kier alpha value is -0.720. The molecule has 0 radical (unpaired) electrons. The highest BCUT2D eigenvalue weighted by molar-refractivity contribution is 4.82. The minimum atomic E-state index is -0.515. The van der Waals surface area contributed by atoms with Crippen LogP contribution in [0.15, 0.2) is 24.3 Å². The minimum Gasteiger partial charge on any atom is -0.385 e. The van der Waals surface area contributed by atoms with E-state index in [9.17, 15) is 10.2 Å². The number of nitrogens with zero attached hydrogens (tertiary/aromatic N) is 1. The van der Waals surface area contributed by atoms with Crippen molar-refractivity contribution in [1.82, 2.24) is 0 Å². The van der Waals surface area contributed by atoms with Crippen LogP contribution in [-0.4, -0.2) is 80.5 Å². The molecule has 2 atom stereocenters. The average molecular weight is 695 g/mol. The summed E-state index contributed by atoms with van der Waals surface area (Å²) in [6.07, 6.45) is 45.1.